The Bertz CT molecular complexity index is 337. The summed E-state index contributed by atoms with van der Waals surface area (Å²) in [7, 11) is 0. The Morgan fingerprint density at radius 1 is 0.591 bits per heavy atom. The third kappa shape index (κ3) is 4.34. The van der Waals surface area contributed by atoms with Gasteiger partial charge in [-0.05, 0) is 114 Å². The van der Waals surface area contributed by atoms with Gasteiger partial charge < -0.3 is 0 Å². The van der Waals surface area contributed by atoms with Gasteiger partial charge in [0.05, 0.1) is 0 Å². The van der Waals surface area contributed by atoms with E-state index in [-0.39, 0.29) is 0 Å². The van der Waals surface area contributed by atoms with Gasteiger partial charge in [0.2, 0.25) is 0 Å². The molecule has 0 nitrogen and oxygen atoms in total. The van der Waals surface area contributed by atoms with Crippen LogP contribution in [0.15, 0.2) is 12.2 Å². The van der Waals surface area contributed by atoms with Crippen molar-refractivity contribution in [3.63, 3.8) is 0 Å². The van der Waals surface area contributed by atoms with Crippen molar-refractivity contribution in [2.75, 3.05) is 0 Å². The van der Waals surface area contributed by atoms with E-state index in [0.717, 1.165) is 29.6 Å². The van der Waals surface area contributed by atoms with Crippen molar-refractivity contribution < 1.29 is 0 Å². The second-order valence-corrected chi connectivity index (χ2v) is 9.17. The zero-order valence-corrected chi connectivity index (χ0v) is 15.4. The summed E-state index contributed by atoms with van der Waals surface area (Å²) in [5, 5.41) is 0.708. The SMILES string of the molecule is C/C=C/C1CCC(C2CCC(C3CCC(S)CC3)CC2)CC1. The minimum absolute atomic E-state index is 0.708. The highest BCUT2D eigenvalue weighted by Crippen LogP contribution is 2.45. The van der Waals surface area contributed by atoms with Gasteiger partial charge in [0, 0.05) is 5.25 Å². The fourth-order valence-corrected chi connectivity index (χ4v) is 6.04. The number of thiol groups is 1. The molecule has 0 radical (unpaired) electrons. The Morgan fingerprint density at radius 2 is 0.955 bits per heavy atom. The number of hydrogen-bond acceptors (Lipinski definition) is 1. The standard InChI is InChI=1S/C21H36S/c1-2-3-16-4-6-17(7-5-16)18-8-10-19(11-9-18)20-12-14-21(22)15-13-20/h2-3,16-22H,4-15H2,1H3/b3-2+. The maximum atomic E-state index is 4.67. The molecule has 0 atom stereocenters. The van der Waals surface area contributed by atoms with E-state index in [0.29, 0.717) is 5.25 Å². The molecule has 0 aromatic rings. The zero-order chi connectivity index (χ0) is 15.4. The van der Waals surface area contributed by atoms with E-state index in [1.54, 1.807) is 25.7 Å². The molecular weight excluding hydrogens is 284 g/mol. The smallest absolute Gasteiger partial charge is 0.00170 e. The molecule has 0 heterocycles. The lowest BCUT2D eigenvalue weighted by atomic mass is 9.65. The summed E-state index contributed by atoms with van der Waals surface area (Å²) >= 11 is 4.67. The summed E-state index contributed by atoms with van der Waals surface area (Å²) in [6.07, 6.45) is 22.5. The molecule has 3 aliphatic rings. The van der Waals surface area contributed by atoms with Crippen molar-refractivity contribution in [2.24, 2.45) is 29.6 Å². The van der Waals surface area contributed by atoms with E-state index in [2.05, 4.69) is 31.7 Å². The quantitative estimate of drug-likeness (QED) is 0.436. The molecule has 0 unspecified atom stereocenters. The van der Waals surface area contributed by atoms with E-state index < -0.39 is 0 Å². The molecule has 3 rings (SSSR count). The molecule has 0 bridgehead atoms. The summed E-state index contributed by atoms with van der Waals surface area (Å²) in [6, 6.07) is 0. The molecule has 0 amide bonds. The minimum Gasteiger partial charge on any atom is -0.176 e. The van der Waals surface area contributed by atoms with Crippen molar-refractivity contribution >= 4 is 12.6 Å². The summed E-state index contributed by atoms with van der Waals surface area (Å²) in [6.45, 7) is 2.18. The molecule has 22 heavy (non-hydrogen) atoms. The molecule has 0 aromatic heterocycles. The largest absolute Gasteiger partial charge is 0.176 e. The number of rotatable bonds is 3. The molecule has 0 spiro atoms. The van der Waals surface area contributed by atoms with Gasteiger partial charge in [-0.15, -0.1) is 0 Å². The Hall–Kier alpha value is 0.0900. The molecule has 3 saturated carbocycles. The third-order valence-corrected chi connectivity index (χ3v) is 7.69. The van der Waals surface area contributed by atoms with E-state index in [1.807, 2.05) is 0 Å². The van der Waals surface area contributed by atoms with Gasteiger partial charge in [-0.3, -0.25) is 0 Å². The fraction of sp³-hybridized carbons (Fsp3) is 0.905. The third-order valence-electron chi connectivity index (χ3n) is 7.17. The van der Waals surface area contributed by atoms with E-state index in [9.17, 15) is 0 Å². The molecular formula is C21H36S. The first-order chi connectivity index (χ1) is 10.8. The van der Waals surface area contributed by atoms with Crippen LogP contribution in [0, 0.1) is 29.6 Å². The van der Waals surface area contributed by atoms with Gasteiger partial charge >= 0.3 is 0 Å². The number of hydrogen-bond donors (Lipinski definition) is 1. The predicted octanol–water partition coefficient (Wildman–Crippen LogP) is 6.66. The molecule has 0 aromatic carbocycles. The van der Waals surface area contributed by atoms with Crippen LogP contribution >= 0.6 is 12.6 Å². The fourth-order valence-electron chi connectivity index (χ4n) is 5.74. The van der Waals surface area contributed by atoms with Crippen molar-refractivity contribution in [3.05, 3.63) is 12.2 Å². The molecule has 126 valence electrons. The second kappa shape index (κ2) is 8.27. The molecule has 0 aliphatic heterocycles. The Labute approximate surface area is 143 Å². The van der Waals surface area contributed by atoms with Gasteiger partial charge in [-0.1, -0.05) is 12.2 Å². The van der Waals surface area contributed by atoms with Crippen molar-refractivity contribution in [2.45, 2.75) is 89.2 Å². The Morgan fingerprint density at radius 3 is 1.36 bits per heavy atom. The van der Waals surface area contributed by atoms with Crippen molar-refractivity contribution in [3.8, 4) is 0 Å². The molecule has 3 fully saturated rings. The van der Waals surface area contributed by atoms with E-state index >= 15 is 0 Å². The van der Waals surface area contributed by atoms with Crippen LogP contribution in [-0.4, -0.2) is 5.25 Å². The van der Waals surface area contributed by atoms with E-state index in [1.165, 1.54) is 51.4 Å². The first kappa shape index (κ1) is 16.9. The summed E-state index contributed by atoms with van der Waals surface area (Å²) in [5.74, 6) is 5.15. The summed E-state index contributed by atoms with van der Waals surface area (Å²) in [5.41, 5.74) is 0. The van der Waals surface area contributed by atoms with Crippen LogP contribution in [0.3, 0.4) is 0 Å². The molecule has 0 saturated heterocycles. The molecule has 0 N–H and O–H groups in total. The minimum atomic E-state index is 0.708. The van der Waals surface area contributed by atoms with Gasteiger partial charge in [0.15, 0.2) is 0 Å². The summed E-state index contributed by atoms with van der Waals surface area (Å²) < 4.78 is 0. The normalized spacial score (nSPS) is 44.3. The number of allylic oxidation sites excluding steroid dienone is 2. The van der Waals surface area contributed by atoms with Crippen LogP contribution in [0.2, 0.25) is 0 Å². The Balaban J connectivity index is 1.40. The van der Waals surface area contributed by atoms with Crippen molar-refractivity contribution in [1.82, 2.24) is 0 Å². The highest BCUT2D eigenvalue weighted by Gasteiger charge is 2.33. The van der Waals surface area contributed by atoms with Crippen LogP contribution in [0.25, 0.3) is 0 Å². The first-order valence-corrected chi connectivity index (χ1v) is 10.6. The maximum Gasteiger partial charge on any atom is 0.00170 e. The van der Waals surface area contributed by atoms with Gasteiger partial charge in [0.1, 0.15) is 0 Å². The zero-order valence-electron chi connectivity index (χ0n) is 14.6. The maximum absolute atomic E-state index is 4.67. The molecule has 3 aliphatic carbocycles. The van der Waals surface area contributed by atoms with Crippen LogP contribution in [0.4, 0.5) is 0 Å². The van der Waals surface area contributed by atoms with E-state index in [4.69, 9.17) is 0 Å². The van der Waals surface area contributed by atoms with Gasteiger partial charge in [-0.25, -0.2) is 0 Å². The average Bonchev–Trinajstić information content (AvgIpc) is 2.57. The van der Waals surface area contributed by atoms with Crippen LogP contribution in [-0.2, 0) is 0 Å². The lowest BCUT2D eigenvalue weighted by Crippen LogP contribution is -2.29. The molecule has 1 heteroatoms. The predicted molar refractivity (Wildman–Crippen MR) is 100 cm³/mol. The highest BCUT2D eigenvalue weighted by molar-refractivity contribution is 7.80. The Kier molecular flexibility index (Phi) is 6.36. The van der Waals surface area contributed by atoms with Crippen LogP contribution < -0.4 is 0 Å². The van der Waals surface area contributed by atoms with Gasteiger partial charge in [0.25, 0.3) is 0 Å². The van der Waals surface area contributed by atoms with Crippen LogP contribution in [0.1, 0.15) is 84.0 Å². The lowest BCUT2D eigenvalue weighted by Gasteiger charge is -2.41. The topological polar surface area (TPSA) is 0 Å². The average molecular weight is 321 g/mol. The monoisotopic (exact) mass is 320 g/mol. The van der Waals surface area contributed by atoms with Crippen molar-refractivity contribution in [1.29, 1.82) is 0 Å². The van der Waals surface area contributed by atoms with Gasteiger partial charge in [-0.2, -0.15) is 12.6 Å². The highest BCUT2D eigenvalue weighted by atomic mass is 32.1. The first-order valence-electron chi connectivity index (χ1n) is 10.1. The van der Waals surface area contributed by atoms with Crippen LogP contribution in [0.5, 0.6) is 0 Å². The lowest BCUT2D eigenvalue weighted by molar-refractivity contribution is 0.118. The second-order valence-electron chi connectivity index (χ2n) is 8.44. The summed E-state index contributed by atoms with van der Waals surface area (Å²) in [4.78, 5) is 0.